The second-order valence-electron chi connectivity index (χ2n) is 6.60. The van der Waals surface area contributed by atoms with Crippen molar-refractivity contribution in [3.63, 3.8) is 0 Å². The molecule has 0 aliphatic heterocycles. The fourth-order valence-corrected chi connectivity index (χ4v) is 2.79. The van der Waals surface area contributed by atoms with Gasteiger partial charge in [0, 0.05) is 25.0 Å². The molecule has 23 heavy (non-hydrogen) atoms. The van der Waals surface area contributed by atoms with E-state index in [0.717, 1.165) is 13.0 Å². The molecule has 0 saturated carbocycles. The third kappa shape index (κ3) is 10.8. The number of Topliss-reactive ketones (excluding diaryl/α,β-unsaturated/α-hetero) is 1. The summed E-state index contributed by atoms with van der Waals surface area (Å²) in [5.74, 6) is 0.235. The number of unbranched alkanes of at least 4 members (excludes halogenated alkanes) is 9. The summed E-state index contributed by atoms with van der Waals surface area (Å²) in [6, 6.07) is 6.25. The number of carbonyl (C=O) groups excluding carboxylic acids is 1. The molecule has 0 spiro atoms. The van der Waals surface area contributed by atoms with Gasteiger partial charge in [-0.3, -0.25) is 4.79 Å². The first kappa shape index (κ1) is 19.6. The van der Waals surface area contributed by atoms with Crippen LogP contribution in [0.3, 0.4) is 0 Å². The average molecular weight is 317 g/mol. The Balaban J connectivity index is 1.80. The molecule has 0 aliphatic carbocycles. The number of carbonyl (C=O) groups is 1. The Bertz CT molecular complexity index is 438. The Kier molecular flexibility index (Phi) is 11.1. The Morgan fingerprint density at radius 2 is 1.26 bits per heavy atom. The molecule has 0 atom stereocenters. The van der Waals surface area contributed by atoms with Crippen LogP contribution >= 0.6 is 0 Å². The van der Waals surface area contributed by atoms with E-state index >= 15 is 0 Å². The van der Waals surface area contributed by atoms with Gasteiger partial charge in [-0.1, -0.05) is 57.6 Å². The van der Waals surface area contributed by atoms with Crippen molar-refractivity contribution in [3.8, 4) is 0 Å². The number of aryl methyl sites for hydroxylation is 1. The molecule has 0 aliphatic rings. The molecule has 1 rings (SSSR count). The number of ketones is 1. The molecule has 2 nitrogen and oxygen atoms in total. The maximum atomic E-state index is 11.4. The van der Waals surface area contributed by atoms with Gasteiger partial charge >= 0.3 is 0 Å². The Hall–Kier alpha value is -1.44. The third-order valence-electron chi connectivity index (χ3n) is 4.32. The van der Waals surface area contributed by atoms with Gasteiger partial charge in [-0.25, -0.2) is 4.57 Å². The highest BCUT2D eigenvalue weighted by Gasteiger charge is 2.01. The van der Waals surface area contributed by atoms with Crippen molar-refractivity contribution in [2.75, 3.05) is 0 Å². The van der Waals surface area contributed by atoms with Crippen LogP contribution < -0.4 is 4.57 Å². The number of pyridine rings is 1. The van der Waals surface area contributed by atoms with E-state index in [1.165, 1.54) is 57.8 Å². The van der Waals surface area contributed by atoms with Crippen LogP contribution in [0.15, 0.2) is 42.7 Å². The number of hydrogen-bond donors (Lipinski definition) is 0. The lowest BCUT2D eigenvalue weighted by Gasteiger charge is -2.02. The summed E-state index contributed by atoms with van der Waals surface area (Å²) in [6.45, 7) is 6.64. The lowest BCUT2D eigenvalue weighted by atomic mass is 10.0. The molecule has 1 heterocycles. The van der Waals surface area contributed by atoms with Gasteiger partial charge in [-0.2, -0.15) is 0 Å². The van der Waals surface area contributed by atoms with E-state index in [0.29, 0.717) is 12.0 Å². The molecule has 0 unspecified atom stereocenters. The molecule has 2 heteroatoms. The van der Waals surface area contributed by atoms with E-state index in [1.807, 2.05) is 0 Å². The van der Waals surface area contributed by atoms with Crippen LogP contribution in [0, 0.1) is 0 Å². The van der Waals surface area contributed by atoms with Crippen molar-refractivity contribution < 1.29 is 9.36 Å². The summed E-state index contributed by atoms with van der Waals surface area (Å²) >= 11 is 0. The van der Waals surface area contributed by atoms with Crippen molar-refractivity contribution in [3.05, 3.63) is 42.7 Å². The molecule has 128 valence electrons. The molecule has 0 radical (unpaired) electrons. The van der Waals surface area contributed by atoms with E-state index in [1.54, 1.807) is 6.92 Å². The highest BCUT2D eigenvalue weighted by atomic mass is 16.1. The van der Waals surface area contributed by atoms with Crippen molar-refractivity contribution in [2.24, 2.45) is 0 Å². The van der Waals surface area contributed by atoms with E-state index < -0.39 is 0 Å². The lowest BCUT2D eigenvalue weighted by molar-refractivity contribution is -0.697. The Morgan fingerprint density at radius 3 is 1.78 bits per heavy atom. The van der Waals surface area contributed by atoms with Gasteiger partial charge in [-0.15, -0.1) is 0 Å². The first-order valence-electron chi connectivity index (χ1n) is 9.33. The maximum Gasteiger partial charge on any atom is 0.168 e. The van der Waals surface area contributed by atoms with Crippen molar-refractivity contribution >= 4 is 5.78 Å². The second kappa shape index (κ2) is 13.0. The van der Waals surface area contributed by atoms with Crippen LogP contribution in [0.2, 0.25) is 0 Å². The zero-order valence-corrected chi connectivity index (χ0v) is 14.9. The third-order valence-corrected chi connectivity index (χ3v) is 4.32. The molecule has 0 saturated heterocycles. The van der Waals surface area contributed by atoms with E-state index in [9.17, 15) is 4.79 Å². The predicted octanol–water partition coefficient (Wildman–Crippen LogP) is 5.41. The predicted molar refractivity (Wildman–Crippen MR) is 97.2 cm³/mol. The van der Waals surface area contributed by atoms with Crippen molar-refractivity contribution in [1.29, 1.82) is 0 Å². The molecule has 0 fully saturated rings. The average Bonchev–Trinajstić information content (AvgIpc) is 2.56. The van der Waals surface area contributed by atoms with Gasteiger partial charge in [0.25, 0.3) is 0 Å². The number of allylic oxidation sites excluding steroid dienone is 1. The van der Waals surface area contributed by atoms with Gasteiger partial charge in [0.2, 0.25) is 0 Å². The van der Waals surface area contributed by atoms with Gasteiger partial charge in [-0.05, 0) is 25.3 Å². The van der Waals surface area contributed by atoms with Crippen molar-refractivity contribution in [1.82, 2.24) is 0 Å². The standard InChI is InChI=1S/C21H34NO/c1-20(2)21(23)16-12-9-7-5-3-4-6-8-10-13-17-22-18-14-11-15-19-22/h11,14-15,18-19H,1,3-10,12-13,16-17H2,2H3/q+1. The highest BCUT2D eigenvalue weighted by Crippen LogP contribution is 2.12. The second-order valence-corrected chi connectivity index (χ2v) is 6.60. The smallest absolute Gasteiger partial charge is 0.168 e. The summed E-state index contributed by atoms with van der Waals surface area (Å²) in [5, 5.41) is 0. The summed E-state index contributed by atoms with van der Waals surface area (Å²) in [7, 11) is 0. The summed E-state index contributed by atoms with van der Waals surface area (Å²) < 4.78 is 2.26. The molecular formula is C21H34NO+. The van der Waals surface area contributed by atoms with Gasteiger partial charge in [0.05, 0.1) is 0 Å². The molecule has 0 amide bonds. The zero-order valence-electron chi connectivity index (χ0n) is 14.9. The quantitative estimate of drug-likeness (QED) is 0.255. The van der Waals surface area contributed by atoms with Gasteiger partial charge in [0.15, 0.2) is 18.2 Å². The van der Waals surface area contributed by atoms with Crippen LogP contribution in [-0.2, 0) is 11.3 Å². The van der Waals surface area contributed by atoms with Crippen LogP contribution in [0.25, 0.3) is 0 Å². The minimum Gasteiger partial charge on any atom is -0.295 e. The summed E-state index contributed by atoms with van der Waals surface area (Å²) in [6.07, 6.45) is 17.9. The van der Waals surface area contributed by atoms with Gasteiger partial charge in [0.1, 0.15) is 6.54 Å². The highest BCUT2D eigenvalue weighted by molar-refractivity contribution is 5.93. The van der Waals surface area contributed by atoms with Crippen LogP contribution in [0.5, 0.6) is 0 Å². The molecule has 0 aromatic carbocycles. The fourth-order valence-electron chi connectivity index (χ4n) is 2.79. The minimum absolute atomic E-state index is 0.235. The van der Waals surface area contributed by atoms with Crippen LogP contribution in [0.4, 0.5) is 0 Å². The monoisotopic (exact) mass is 316 g/mol. The molecule has 0 N–H and O–H groups in total. The Labute approximate surface area is 142 Å². The van der Waals surface area contributed by atoms with E-state index in [-0.39, 0.29) is 5.78 Å². The molecule has 0 bridgehead atoms. The SMILES string of the molecule is C=C(C)C(=O)CCCCCCCCCCCC[n+]1ccccc1. The Morgan fingerprint density at radius 1 is 0.783 bits per heavy atom. The number of rotatable bonds is 14. The lowest BCUT2D eigenvalue weighted by Crippen LogP contribution is -2.32. The first-order chi connectivity index (χ1) is 11.2. The van der Waals surface area contributed by atoms with Crippen LogP contribution in [0.1, 0.15) is 77.6 Å². The number of aromatic nitrogens is 1. The number of nitrogens with zero attached hydrogens (tertiary/aromatic N) is 1. The minimum atomic E-state index is 0.235. The summed E-state index contributed by atoms with van der Waals surface area (Å²) in [5.41, 5.74) is 0.704. The molecule has 1 aromatic rings. The van der Waals surface area contributed by atoms with E-state index in [4.69, 9.17) is 0 Å². The largest absolute Gasteiger partial charge is 0.295 e. The number of hydrogen-bond acceptors (Lipinski definition) is 1. The maximum absolute atomic E-state index is 11.4. The molecule has 1 aromatic heterocycles. The van der Waals surface area contributed by atoms with Crippen molar-refractivity contribution in [2.45, 2.75) is 84.1 Å². The van der Waals surface area contributed by atoms with E-state index in [2.05, 4.69) is 41.7 Å². The summed E-state index contributed by atoms with van der Waals surface area (Å²) in [4.78, 5) is 11.4. The molecular weight excluding hydrogens is 282 g/mol. The zero-order chi connectivity index (χ0) is 16.8. The van der Waals surface area contributed by atoms with Gasteiger partial charge < -0.3 is 0 Å². The van der Waals surface area contributed by atoms with Crippen LogP contribution in [-0.4, -0.2) is 5.78 Å². The topological polar surface area (TPSA) is 20.9 Å². The fraction of sp³-hybridized carbons (Fsp3) is 0.619. The first-order valence-corrected chi connectivity index (χ1v) is 9.33. The normalized spacial score (nSPS) is 10.7.